The predicted molar refractivity (Wildman–Crippen MR) is 89.8 cm³/mol. The van der Waals surface area contributed by atoms with Gasteiger partial charge in [0.25, 0.3) is 5.82 Å². The molecule has 5 nitrogen and oxygen atoms in total. The third-order valence-electron chi connectivity index (χ3n) is 3.67. The number of aromatic nitrogens is 1. The first kappa shape index (κ1) is 15.8. The molecule has 0 spiro atoms. The van der Waals surface area contributed by atoms with Crippen molar-refractivity contribution < 1.29 is 17.7 Å². The van der Waals surface area contributed by atoms with Gasteiger partial charge in [-0.3, -0.25) is 0 Å². The molecule has 0 saturated carbocycles. The number of rotatable bonds is 4. The van der Waals surface area contributed by atoms with Crippen LogP contribution in [0.3, 0.4) is 0 Å². The third kappa shape index (κ3) is 3.64. The summed E-state index contributed by atoms with van der Waals surface area (Å²) in [6, 6.07) is 11.6. The van der Waals surface area contributed by atoms with Crippen LogP contribution in [-0.2, 0) is 16.6 Å². The molecule has 1 aromatic carbocycles. The number of nitrogens with zero attached hydrogens (tertiary/aromatic N) is 1. The smallest absolute Gasteiger partial charge is 0.302 e. The lowest BCUT2D eigenvalue weighted by Crippen LogP contribution is -2.47. The topological polar surface area (TPSA) is 59.3 Å². The molecular weight excluding hydrogens is 312 g/mol. The van der Waals surface area contributed by atoms with Crippen LogP contribution in [0.1, 0.15) is 13.8 Å². The zero-order valence-corrected chi connectivity index (χ0v) is 14.1. The van der Waals surface area contributed by atoms with Crippen LogP contribution in [0.5, 0.6) is 5.75 Å². The largest absolute Gasteiger partial charge is 0.493 e. The molecule has 0 radical (unpaired) electrons. The summed E-state index contributed by atoms with van der Waals surface area (Å²) in [7, 11) is -3.25. The van der Waals surface area contributed by atoms with Gasteiger partial charge in [-0.05, 0) is 35.7 Å². The summed E-state index contributed by atoms with van der Waals surface area (Å²) >= 11 is 0. The lowest BCUT2D eigenvalue weighted by atomic mass is 10.1. The van der Waals surface area contributed by atoms with Crippen LogP contribution >= 0.6 is 0 Å². The van der Waals surface area contributed by atoms with E-state index in [1.807, 2.05) is 47.2 Å². The minimum atomic E-state index is -3.25. The van der Waals surface area contributed by atoms with Gasteiger partial charge in [-0.1, -0.05) is 26.0 Å². The summed E-state index contributed by atoms with van der Waals surface area (Å²) < 4.78 is 34.0. The summed E-state index contributed by atoms with van der Waals surface area (Å²) in [5.74, 6) is 2.02. The van der Waals surface area contributed by atoms with E-state index in [2.05, 4.69) is 18.6 Å². The van der Waals surface area contributed by atoms with Crippen LogP contribution in [0, 0.1) is 5.92 Å². The fraction of sp³-hybridized carbons (Fsp3) is 0.353. The zero-order valence-electron chi connectivity index (χ0n) is 13.3. The molecule has 1 aliphatic heterocycles. The van der Waals surface area contributed by atoms with Crippen LogP contribution < -0.4 is 14.0 Å². The first-order chi connectivity index (χ1) is 10.9. The van der Waals surface area contributed by atoms with Gasteiger partial charge in [0.05, 0.1) is 18.4 Å². The zero-order chi connectivity index (χ0) is 16.4. The summed E-state index contributed by atoms with van der Waals surface area (Å²) in [4.78, 5) is 0. The number of sulfonamides is 1. The highest BCUT2D eigenvalue weighted by Crippen LogP contribution is 2.28. The molecule has 2 aromatic rings. The fourth-order valence-electron chi connectivity index (χ4n) is 2.49. The lowest BCUT2D eigenvalue weighted by molar-refractivity contribution is -0.679. The Kier molecular flexibility index (Phi) is 4.26. The lowest BCUT2D eigenvalue weighted by Gasteiger charge is -2.16. The Labute approximate surface area is 137 Å². The minimum absolute atomic E-state index is 0.107. The van der Waals surface area contributed by atoms with E-state index in [0.717, 1.165) is 16.9 Å². The van der Waals surface area contributed by atoms with Gasteiger partial charge in [-0.2, -0.15) is 13.1 Å². The maximum atomic E-state index is 11.9. The highest BCUT2D eigenvalue weighted by atomic mass is 32.2. The Balaban J connectivity index is 1.91. The van der Waals surface area contributed by atoms with Crippen molar-refractivity contribution in [3.8, 4) is 16.9 Å². The van der Waals surface area contributed by atoms with Crippen molar-refractivity contribution >= 4 is 15.8 Å². The van der Waals surface area contributed by atoms with Crippen molar-refractivity contribution in [1.29, 1.82) is 0 Å². The average Bonchev–Trinajstić information content (AvgIpc) is 2.52. The second-order valence-electron chi connectivity index (χ2n) is 6.11. The van der Waals surface area contributed by atoms with E-state index in [1.54, 1.807) is 0 Å². The van der Waals surface area contributed by atoms with Gasteiger partial charge in [0.15, 0.2) is 0 Å². The summed E-state index contributed by atoms with van der Waals surface area (Å²) in [6.45, 7) is 5.35. The molecule has 1 N–H and O–H groups in total. The van der Waals surface area contributed by atoms with E-state index in [9.17, 15) is 8.42 Å². The SMILES string of the molecule is CC(C)COc1ccc(-c2ccc[n+]3c2NS(=O)(=O)CC3)cc1. The monoisotopic (exact) mass is 333 g/mol. The number of anilines is 1. The van der Waals surface area contributed by atoms with Crippen LogP contribution in [0.4, 0.5) is 5.82 Å². The van der Waals surface area contributed by atoms with Gasteiger partial charge in [-0.25, -0.2) is 4.57 Å². The normalized spacial score (nSPS) is 15.8. The first-order valence-electron chi connectivity index (χ1n) is 7.71. The Morgan fingerprint density at radius 3 is 2.65 bits per heavy atom. The summed E-state index contributed by atoms with van der Waals surface area (Å²) in [5, 5.41) is 0. The molecule has 0 bridgehead atoms. The van der Waals surface area contributed by atoms with Gasteiger partial charge in [0.2, 0.25) is 0 Å². The Morgan fingerprint density at radius 2 is 1.96 bits per heavy atom. The molecule has 3 rings (SSSR count). The van der Waals surface area contributed by atoms with E-state index >= 15 is 0 Å². The van der Waals surface area contributed by atoms with Gasteiger partial charge in [0, 0.05) is 0 Å². The van der Waals surface area contributed by atoms with E-state index < -0.39 is 10.0 Å². The number of nitrogens with one attached hydrogen (secondary N) is 1. The van der Waals surface area contributed by atoms with Crippen LogP contribution in [0.2, 0.25) is 0 Å². The van der Waals surface area contributed by atoms with Crippen molar-refractivity contribution in [2.45, 2.75) is 20.4 Å². The van der Waals surface area contributed by atoms with Crippen LogP contribution in [-0.4, -0.2) is 20.8 Å². The highest BCUT2D eigenvalue weighted by Gasteiger charge is 2.29. The minimum Gasteiger partial charge on any atom is -0.493 e. The molecule has 122 valence electrons. The molecule has 0 aliphatic carbocycles. The second-order valence-corrected chi connectivity index (χ2v) is 7.96. The van der Waals surface area contributed by atoms with Crippen molar-refractivity contribution in [3.05, 3.63) is 42.6 Å². The summed E-state index contributed by atoms with van der Waals surface area (Å²) in [6.07, 6.45) is 1.89. The molecule has 0 unspecified atom stereocenters. The van der Waals surface area contributed by atoms with E-state index in [1.165, 1.54) is 0 Å². The Hall–Kier alpha value is -2.08. The number of fused-ring (bicyclic) bond motifs is 1. The van der Waals surface area contributed by atoms with E-state index in [-0.39, 0.29) is 5.75 Å². The molecule has 0 amide bonds. The molecule has 0 atom stereocenters. The van der Waals surface area contributed by atoms with Crippen molar-refractivity contribution in [1.82, 2.24) is 0 Å². The Bertz CT molecular complexity index is 799. The fourth-order valence-corrected chi connectivity index (χ4v) is 3.56. The number of ether oxygens (including phenoxy) is 1. The third-order valence-corrected chi connectivity index (χ3v) is 4.90. The molecular formula is C17H21N2O3S+. The maximum absolute atomic E-state index is 11.9. The summed E-state index contributed by atoms with van der Waals surface area (Å²) in [5.41, 5.74) is 1.82. The number of hydrogen-bond acceptors (Lipinski definition) is 3. The van der Waals surface area contributed by atoms with Gasteiger partial charge < -0.3 is 4.74 Å². The van der Waals surface area contributed by atoms with Crippen LogP contribution in [0.15, 0.2) is 42.6 Å². The highest BCUT2D eigenvalue weighted by molar-refractivity contribution is 7.92. The molecule has 0 fully saturated rings. The molecule has 1 aliphatic rings. The van der Waals surface area contributed by atoms with Gasteiger partial charge >= 0.3 is 10.0 Å². The van der Waals surface area contributed by atoms with Gasteiger partial charge in [-0.15, -0.1) is 0 Å². The second kappa shape index (κ2) is 6.20. The predicted octanol–water partition coefficient (Wildman–Crippen LogP) is 2.43. The Morgan fingerprint density at radius 1 is 1.22 bits per heavy atom. The van der Waals surface area contributed by atoms with Crippen molar-refractivity contribution in [3.63, 3.8) is 0 Å². The number of pyridine rings is 1. The molecule has 23 heavy (non-hydrogen) atoms. The van der Waals surface area contributed by atoms with Crippen molar-refractivity contribution in [2.75, 3.05) is 17.1 Å². The molecule has 1 aromatic heterocycles. The maximum Gasteiger partial charge on any atom is 0.302 e. The number of hydrogen-bond donors (Lipinski definition) is 1. The quantitative estimate of drug-likeness (QED) is 0.874. The van der Waals surface area contributed by atoms with E-state index in [0.29, 0.717) is 24.9 Å². The van der Waals surface area contributed by atoms with Gasteiger partial charge in [0.1, 0.15) is 18.0 Å². The number of aryl methyl sites for hydroxylation is 1. The molecule has 6 heteroatoms. The molecule has 2 heterocycles. The standard InChI is InChI=1S/C17H20N2O3S/c1-13(2)12-22-15-7-5-14(6-8-15)16-4-3-9-19-10-11-23(20,21)18-17(16)19/h3-9,13H,10-12H2,1-2H3/p+1. The number of benzene rings is 1. The molecule has 0 saturated heterocycles. The first-order valence-corrected chi connectivity index (χ1v) is 9.36. The van der Waals surface area contributed by atoms with E-state index in [4.69, 9.17) is 4.74 Å². The van der Waals surface area contributed by atoms with Crippen LogP contribution in [0.25, 0.3) is 11.1 Å². The van der Waals surface area contributed by atoms with Crippen molar-refractivity contribution in [2.24, 2.45) is 5.92 Å². The average molecular weight is 333 g/mol.